The normalized spacial score (nSPS) is 18.0. The number of anilines is 1. The van der Waals surface area contributed by atoms with Gasteiger partial charge in [-0.15, -0.1) is 5.10 Å². The smallest absolute Gasteiger partial charge is 0.161 e. The Hall–Kier alpha value is -2.86. The van der Waals surface area contributed by atoms with Gasteiger partial charge in [0.2, 0.25) is 0 Å². The highest BCUT2D eigenvalue weighted by Crippen LogP contribution is 2.32. The number of hydrogen-bond donors (Lipinski definition) is 3. The topological polar surface area (TPSA) is 70.0 Å². The summed E-state index contributed by atoms with van der Waals surface area (Å²) in [4.78, 5) is 7.87. The van der Waals surface area contributed by atoms with Crippen molar-refractivity contribution < 1.29 is 0 Å². The summed E-state index contributed by atoms with van der Waals surface area (Å²) in [5.41, 5.74) is 4.24. The number of aromatic nitrogens is 4. The molecule has 0 saturated carbocycles. The van der Waals surface area contributed by atoms with Gasteiger partial charge in [-0.2, -0.15) is 0 Å². The Morgan fingerprint density at radius 1 is 1.20 bits per heavy atom. The summed E-state index contributed by atoms with van der Waals surface area (Å²) >= 11 is 0. The molecule has 0 radical (unpaired) electrons. The molecule has 4 aromatic rings. The number of fused-ring (bicyclic) bond motifs is 2. The second-order valence-corrected chi connectivity index (χ2v) is 6.57. The molecule has 1 atom stereocenters. The number of imidazole rings is 1. The first-order valence-corrected chi connectivity index (χ1v) is 8.76. The maximum absolute atomic E-state index is 4.68. The number of H-pyrrole nitrogens is 1. The third kappa shape index (κ3) is 2.55. The van der Waals surface area contributed by atoms with Crippen LogP contribution in [0.2, 0.25) is 0 Å². The van der Waals surface area contributed by atoms with Crippen LogP contribution in [0.4, 0.5) is 5.82 Å². The zero-order chi connectivity index (χ0) is 16.6. The summed E-state index contributed by atoms with van der Waals surface area (Å²) in [6, 6.07) is 10.9. The van der Waals surface area contributed by atoms with E-state index in [-0.39, 0.29) is 0 Å². The third-order valence-electron chi connectivity index (χ3n) is 4.89. The molecule has 1 aliphatic heterocycles. The van der Waals surface area contributed by atoms with E-state index < -0.39 is 0 Å². The minimum atomic E-state index is 0.415. The summed E-state index contributed by atoms with van der Waals surface area (Å²) in [5.74, 6) is 0.888. The maximum atomic E-state index is 4.68. The average molecular weight is 332 g/mol. The quantitative estimate of drug-likeness (QED) is 0.539. The van der Waals surface area contributed by atoms with Crippen molar-refractivity contribution in [1.82, 2.24) is 24.9 Å². The van der Waals surface area contributed by atoms with Crippen LogP contribution < -0.4 is 10.6 Å². The van der Waals surface area contributed by atoms with Gasteiger partial charge in [-0.25, -0.2) is 9.50 Å². The average Bonchev–Trinajstić information content (AvgIpc) is 3.29. The molecular formula is C19H20N6. The Balaban J connectivity index is 1.62. The van der Waals surface area contributed by atoms with Crippen LogP contribution in [0.5, 0.6) is 0 Å². The Morgan fingerprint density at radius 3 is 3.08 bits per heavy atom. The van der Waals surface area contributed by atoms with Crippen LogP contribution >= 0.6 is 0 Å². The molecular weight excluding hydrogens is 312 g/mol. The minimum Gasteiger partial charge on any atom is -0.365 e. The van der Waals surface area contributed by atoms with E-state index in [1.54, 1.807) is 6.20 Å². The first-order chi connectivity index (χ1) is 12.4. The number of benzene rings is 1. The summed E-state index contributed by atoms with van der Waals surface area (Å²) in [7, 11) is 0. The van der Waals surface area contributed by atoms with Crippen molar-refractivity contribution in [2.75, 3.05) is 18.4 Å². The molecule has 1 unspecified atom stereocenters. The standard InChI is InChI=1S/C19H20N6/c1-2-6-17-14(5-1)16(12-22-17)15-10-18(23-13-4-3-7-20-11-13)24-25-9-8-21-19(15)25/h1-2,5-6,8-10,12-13,20,22H,3-4,7,11H2,(H,23,24). The van der Waals surface area contributed by atoms with Crippen LogP contribution in [0.25, 0.3) is 27.7 Å². The lowest BCUT2D eigenvalue weighted by molar-refractivity contribution is 0.478. The Morgan fingerprint density at radius 2 is 2.16 bits per heavy atom. The first-order valence-electron chi connectivity index (χ1n) is 8.76. The predicted molar refractivity (Wildman–Crippen MR) is 99.8 cm³/mol. The number of nitrogens with zero attached hydrogens (tertiary/aromatic N) is 3. The second kappa shape index (κ2) is 5.89. The molecule has 3 aromatic heterocycles. The monoisotopic (exact) mass is 332 g/mol. The Kier molecular flexibility index (Phi) is 3.41. The van der Waals surface area contributed by atoms with Crippen molar-refractivity contribution in [2.45, 2.75) is 18.9 Å². The zero-order valence-corrected chi connectivity index (χ0v) is 13.9. The zero-order valence-electron chi connectivity index (χ0n) is 13.9. The van der Waals surface area contributed by atoms with Crippen LogP contribution in [0.3, 0.4) is 0 Å². The van der Waals surface area contributed by atoms with E-state index in [1.807, 2.05) is 16.8 Å². The van der Waals surface area contributed by atoms with E-state index in [2.05, 4.69) is 56.2 Å². The van der Waals surface area contributed by atoms with Crippen molar-refractivity contribution >= 4 is 22.4 Å². The van der Waals surface area contributed by atoms with Crippen LogP contribution in [0.1, 0.15) is 12.8 Å². The summed E-state index contributed by atoms with van der Waals surface area (Å²) in [6.07, 6.45) is 8.12. The molecule has 0 amide bonds. The van der Waals surface area contributed by atoms with Gasteiger partial charge in [0, 0.05) is 53.2 Å². The number of piperidine rings is 1. The van der Waals surface area contributed by atoms with Gasteiger partial charge in [-0.3, -0.25) is 0 Å². The van der Waals surface area contributed by atoms with E-state index in [9.17, 15) is 0 Å². The third-order valence-corrected chi connectivity index (χ3v) is 4.89. The van der Waals surface area contributed by atoms with E-state index in [0.29, 0.717) is 6.04 Å². The first kappa shape index (κ1) is 14.5. The van der Waals surface area contributed by atoms with E-state index in [1.165, 1.54) is 18.2 Å². The molecule has 0 spiro atoms. The van der Waals surface area contributed by atoms with Crippen LogP contribution in [0.15, 0.2) is 48.9 Å². The van der Waals surface area contributed by atoms with Gasteiger partial charge in [-0.05, 0) is 31.5 Å². The summed E-state index contributed by atoms with van der Waals surface area (Å²) < 4.78 is 1.86. The molecule has 1 saturated heterocycles. The number of nitrogens with one attached hydrogen (secondary N) is 3. The fourth-order valence-corrected chi connectivity index (χ4v) is 3.66. The highest BCUT2D eigenvalue weighted by atomic mass is 15.3. The molecule has 1 aliphatic rings. The van der Waals surface area contributed by atoms with Gasteiger partial charge in [0.15, 0.2) is 5.65 Å². The molecule has 5 rings (SSSR count). The molecule has 25 heavy (non-hydrogen) atoms. The summed E-state index contributed by atoms with van der Waals surface area (Å²) in [5, 5.41) is 12.9. The molecule has 3 N–H and O–H groups in total. The van der Waals surface area contributed by atoms with Crippen molar-refractivity contribution in [1.29, 1.82) is 0 Å². The van der Waals surface area contributed by atoms with Gasteiger partial charge >= 0.3 is 0 Å². The van der Waals surface area contributed by atoms with Crippen molar-refractivity contribution in [3.05, 3.63) is 48.9 Å². The van der Waals surface area contributed by atoms with E-state index >= 15 is 0 Å². The molecule has 1 fully saturated rings. The summed E-state index contributed by atoms with van der Waals surface area (Å²) in [6.45, 7) is 2.08. The highest BCUT2D eigenvalue weighted by molar-refractivity contribution is 5.99. The van der Waals surface area contributed by atoms with Gasteiger partial charge in [0.1, 0.15) is 5.82 Å². The molecule has 0 aliphatic carbocycles. The largest absolute Gasteiger partial charge is 0.365 e. The molecule has 1 aromatic carbocycles. The maximum Gasteiger partial charge on any atom is 0.161 e. The molecule has 6 heteroatoms. The van der Waals surface area contributed by atoms with Crippen molar-refractivity contribution in [2.24, 2.45) is 0 Å². The SMILES string of the molecule is c1ccc2c(-c3cc(NC4CCCNC4)nn4ccnc34)c[nH]c2c1. The van der Waals surface area contributed by atoms with Gasteiger partial charge in [0.25, 0.3) is 0 Å². The van der Waals surface area contributed by atoms with Crippen LogP contribution in [-0.2, 0) is 0 Å². The minimum absolute atomic E-state index is 0.415. The highest BCUT2D eigenvalue weighted by Gasteiger charge is 2.16. The van der Waals surface area contributed by atoms with E-state index in [4.69, 9.17) is 0 Å². The fraction of sp³-hybridized carbons (Fsp3) is 0.263. The lowest BCUT2D eigenvalue weighted by Gasteiger charge is -2.24. The number of hydrogen-bond acceptors (Lipinski definition) is 4. The lowest BCUT2D eigenvalue weighted by atomic mass is 10.1. The van der Waals surface area contributed by atoms with Crippen molar-refractivity contribution in [3.8, 4) is 11.1 Å². The number of para-hydroxylation sites is 1. The Labute approximate surface area is 145 Å². The fourth-order valence-electron chi connectivity index (χ4n) is 3.66. The molecule has 4 heterocycles. The number of aromatic amines is 1. The van der Waals surface area contributed by atoms with Crippen LogP contribution in [-0.4, -0.2) is 38.7 Å². The van der Waals surface area contributed by atoms with E-state index in [0.717, 1.165) is 41.2 Å². The molecule has 126 valence electrons. The lowest BCUT2D eigenvalue weighted by Crippen LogP contribution is -2.38. The Bertz CT molecular complexity index is 1020. The van der Waals surface area contributed by atoms with Gasteiger partial charge in [-0.1, -0.05) is 18.2 Å². The van der Waals surface area contributed by atoms with Gasteiger partial charge in [0.05, 0.1) is 0 Å². The molecule has 0 bridgehead atoms. The van der Waals surface area contributed by atoms with Crippen molar-refractivity contribution in [3.63, 3.8) is 0 Å². The predicted octanol–water partition coefficient (Wildman–Crippen LogP) is 3.04. The molecule has 6 nitrogen and oxygen atoms in total. The van der Waals surface area contributed by atoms with Gasteiger partial charge < -0.3 is 15.6 Å². The van der Waals surface area contributed by atoms with Crippen LogP contribution in [0, 0.1) is 0 Å². The second-order valence-electron chi connectivity index (χ2n) is 6.57. The number of rotatable bonds is 3.